The van der Waals surface area contributed by atoms with Gasteiger partial charge in [0, 0.05) is 19.2 Å². The third-order valence-electron chi connectivity index (χ3n) is 3.99. The van der Waals surface area contributed by atoms with Crippen LogP contribution in [0, 0.1) is 6.92 Å². The van der Waals surface area contributed by atoms with Crippen molar-refractivity contribution in [1.29, 1.82) is 0 Å². The highest BCUT2D eigenvalue weighted by Gasteiger charge is 2.40. The van der Waals surface area contributed by atoms with Gasteiger partial charge in [-0.05, 0) is 19.4 Å². The molecule has 0 spiro atoms. The number of hydrogen-bond donors (Lipinski definition) is 1. The number of hydrogen-bond acceptors (Lipinski definition) is 7. The van der Waals surface area contributed by atoms with Crippen molar-refractivity contribution in [2.24, 2.45) is 0 Å². The zero-order valence-electron chi connectivity index (χ0n) is 14.7. The summed E-state index contributed by atoms with van der Waals surface area (Å²) in [4.78, 5) is 4.55. The molecule has 0 atom stereocenters. The molecule has 9 heteroatoms. The molecule has 1 aliphatic rings. The second kappa shape index (κ2) is 7.26. The van der Waals surface area contributed by atoms with E-state index in [-0.39, 0.29) is 29.6 Å². The Kier molecular flexibility index (Phi) is 5.22. The molecule has 0 amide bonds. The topological polar surface area (TPSA) is 89.0 Å². The van der Waals surface area contributed by atoms with Crippen molar-refractivity contribution in [3.8, 4) is 5.19 Å². The first-order valence-electron chi connectivity index (χ1n) is 8.06. The lowest BCUT2D eigenvalue weighted by atomic mass is 10.1. The maximum absolute atomic E-state index is 13.2. The summed E-state index contributed by atoms with van der Waals surface area (Å²) in [6.45, 7) is 4.40. The van der Waals surface area contributed by atoms with Crippen LogP contribution in [0.1, 0.15) is 22.9 Å². The molecule has 0 fully saturated rings. The first kappa shape index (κ1) is 18.7. The molecule has 1 aromatic carbocycles. The van der Waals surface area contributed by atoms with Crippen molar-refractivity contribution >= 4 is 37.8 Å². The van der Waals surface area contributed by atoms with Crippen molar-refractivity contribution < 1.29 is 23.0 Å². The number of aliphatic hydroxyl groups excluding tert-OH is 1. The van der Waals surface area contributed by atoms with Gasteiger partial charge < -0.3 is 14.6 Å². The lowest BCUT2D eigenvalue weighted by Crippen LogP contribution is -2.35. The van der Waals surface area contributed by atoms with Crippen LogP contribution < -0.4 is 9.04 Å². The molecule has 0 saturated carbocycles. The van der Waals surface area contributed by atoms with Gasteiger partial charge in [0.25, 0.3) is 15.2 Å². The standard InChI is InChI=1S/C17H20N2O5S2/c1-4-19-16-14(25-17(18-16)24-10-9-23-3)13(20)15(26(19,21)22)12-8-6-5-7-11(12)2/h5-8,20H,4,9-10H2,1-3H3. The zero-order valence-corrected chi connectivity index (χ0v) is 16.4. The molecular weight excluding hydrogens is 376 g/mol. The number of rotatable bonds is 6. The molecule has 0 unspecified atom stereocenters. The third-order valence-corrected chi connectivity index (χ3v) is 6.90. The smallest absolute Gasteiger partial charge is 0.276 e. The Bertz CT molecular complexity index is 950. The predicted octanol–water partition coefficient (Wildman–Crippen LogP) is 3.03. The number of anilines is 1. The monoisotopic (exact) mass is 396 g/mol. The highest BCUT2D eigenvalue weighted by molar-refractivity contribution is 8.02. The Morgan fingerprint density at radius 2 is 2.00 bits per heavy atom. The van der Waals surface area contributed by atoms with E-state index in [1.807, 2.05) is 19.1 Å². The van der Waals surface area contributed by atoms with Crippen molar-refractivity contribution in [1.82, 2.24) is 4.98 Å². The summed E-state index contributed by atoms with van der Waals surface area (Å²) in [5.74, 6) is -0.0992. The Hall–Kier alpha value is -2.10. The predicted molar refractivity (Wildman–Crippen MR) is 102 cm³/mol. The van der Waals surface area contributed by atoms with Crippen LogP contribution >= 0.6 is 11.3 Å². The minimum atomic E-state index is -3.94. The number of ether oxygens (including phenoxy) is 2. The van der Waals surface area contributed by atoms with Crippen LogP contribution in [-0.2, 0) is 14.8 Å². The second-order valence-electron chi connectivity index (χ2n) is 5.64. The van der Waals surface area contributed by atoms with Crippen LogP contribution in [0.25, 0.3) is 10.7 Å². The van der Waals surface area contributed by atoms with Crippen LogP contribution in [0.15, 0.2) is 24.3 Å². The van der Waals surface area contributed by atoms with Gasteiger partial charge in [0.2, 0.25) is 0 Å². The molecule has 0 radical (unpaired) electrons. The molecule has 1 aliphatic heterocycles. The summed E-state index contributed by atoms with van der Waals surface area (Å²) in [5, 5.41) is 11.1. The van der Waals surface area contributed by atoms with Gasteiger partial charge in [-0.15, -0.1) is 0 Å². The lowest BCUT2D eigenvalue weighted by molar-refractivity contribution is 0.146. The van der Waals surface area contributed by atoms with Gasteiger partial charge in [-0.25, -0.2) is 12.7 Å². The lowest BCUT2D eigenvalue weighted by Gasteiger charge is -2.28. The van der Waals surface area contributed by atoms with E-state index in [2.05, 4.69) is 4.98 Å². The first-order chi connectivity index (χ1) is 12.4. The van der Waals surface area contributed by atoms with Gasteiger partial charge in [0.05, 0.1) is 6.61 Å². The van der Waals surface area contributed by atoms with Crippen molar-refractivity contribution in [3.05, 3.63) is 40.3 Å². The average molecular weight is 396 g/mol. The maximum Gasteiger partial charge on any atom is 0.276 e. The van der Waals surface area contributed by atoms with E-state index in [1.54, 1.807) is 26.2 Å². The summed E-state index contributed by atoms with van der Waals surface area (Å²) < 4.78 is 37.9. The Labute approximate surface area is 156 Å². The van der Waals surface area contributed by atoms with Gasteiger partial charge in [-0.2, -0.15) is 4.98 Å². The number of aliphatic hydroxyl groups is 1. The highest BCUT2D eigenvalue weighted by Crippen LogP contribution is 2.46. The molecular formula is C17H20N2O5S2. The van der Waals surface area contributed by atoms with Gasteiger partial charge in [-0.1, -0.05) is 35.6 Å². The van der Waals surface area contributed by atoms with Gasteiger partial charge in [0.1, 0.15) is 16.4 Å². The van der Waals surface area contributed by atoms with E-state index < -0.39 is 10.0 Å². The average Bonchev–Trinajstić information content (AvgIpc) is 3.00. The summed E-state index contributed by atoms with van der Waals surface area (Å²) in [6, 6.07) is 7.07. The fraction of sp³-hybridized carbons (Fsp3) is 0.353. The van der Waals surface area contributed by atoms with Gasteiger partial charge in [0.15, 0.2) is 11.6 Å². The van der Waals surface area contributed by atoms with Crippen LogP contribution in [0.3, 0.4) is 0 Å². The van der Waals surface area contributed by atoms with E-state index >= 15 is 0 Å². The van der Waals surface area contributed by atoms with Crippen LogP contribution in [-0.4, -0.2) is 45.4 Å². The normalized spacial score (nSPS) is 15.9. The largest absolute Gasteiger partial charge is 0.505 e. The Morgan fingerprint density at radius 3 is 2.65 bits per heavy atom. The van der Waals surface area contributed by atoms with Crippen molar-refractivity contribution in [2.45, 2.75) is 13.8 Å². The summed E-state index contributed by atoms with van der Waals surface area (Å²) in [7, 11) is -2.38. The third kappa shape index (κ3) is 3.06. The fourth-order valence-corrected chi connectivity index (χ4v) is 5.54. The molecule has 2 heterocycles. The zero-order chi connectivity index (χ0) is 18.9. The highest BCUT2D eigenvalue weighted by atomic mass is 32.2. The summed E-state index contributed by atoms with van der Waals surface area (Å²) >= 11 is 1.12. The van der Waals surface area contributed by atoms with Crippen molar-refractivity contribution in [2.75, 3.05) is 31.2 Å². The van der Waals surface area contributed by atoms with E-state index in [0.717, 1.165) is 16.9 Å². The molecule has 7 nitrogen and oxygen atoms in total. The molecule has 0 saturated heterocycles. The number of aromatic nitrogens is 1. The van der Waals surface area contributed by atoms with Gasteiger partial charge in [-0.3, -0.25) is 0 Å². The second-order valence-corrected chi connectivity index (χ2v) is 8.40. The Morgan fingerprint density at radius 1 is 1.27 bits per heavy atom. The number of benzene rings is 1. The van der Waals surface area contributed by atoms with Crippen LogP contribution in [0.4, 0.5) is 5.82 Å². The molecule has 140 valence electrons. The number of thiazole rings is 1. The first-order valence-corrected chi connectivity index (χ1v) is 10.3. The number of aryl methyl sites for hydroxylation is 1. The van der Waals surface area contributed by atoms with Crippen molar-refractivity contribution in [3.63, 3.8) is 0 Å². The maximum atomic E-state index is 13.2. The number of sulfonamides is 1. The van der Waals surface area contributed by atoms with E-state index in [0.29, 0.717) is 22.2 Å². The summed E-state index contributed by atoms with van der Waals surface area (Å²) in [5.41, 5.74) is 1.24. The number of methoxy groups -OCH3 is 1. The van der Waals surface area contributed by atoms with E-state index in [4.69, 9.17) is 9.47 Å². The number of nitrogens with zero attached hydrogens (tertiary/aromatic N) is 2. The SMILES string of the molecule is CCN1c2nc(OCCOC)sc2C(O)=C(c2ccccc2C)S1(=O)=O. The summed E-state index contributed by atoms with van der Waals surface area (Å²) in [6.07, 6.45) is 0. The van der Waals surface area contributed by atoms with Gasteiger partial charge >= 0.3 is 0 Å². The number of fused-ring (bicyclic) bond motifs is 1. The van der Waals surface area contributed by atoms with Crippen LogP contribution in [0.5, 0.6) is 5.19 Å². The quantitative estimate of drug-likeness (QED) is 0.755. The molecule has 26 heavy (non-hydrogen) atoms. The van der Waals surface area contributed by atoms with E-state index in [1.165, 1.54) is 4.31 Å². The molecule has 1 aromatic heterocycles. The van der Waals surface area contributed by atoms with E-state index in [9.17, 15) is 13.5 Å². The molecule has 1 N–H and O–H groups in total. The minimum Gasteiger partial charge on any atom is -0.505 e. The minimum absolute atomic E-state index is 0.1000. The molecule has 3 rings (SSSR count). The molecule has 2 aromatic rings. The fourth-order valence-electron chi connectivity index (χ4n) is 2.75. The molecule has 0 bridgehead atoms. The van der Waals surface area contributed by atoms with Crippen LogP contribution in [0.2, 0.25) is 0 Å². The molecule has 0 aliphatic carbocycles. The Balaban J connectivity index is 2.17.